The number of nitrogens with zero attached hydrogens (tertiary/aromatic N) is 1. The van der Waals surface area contributed by atoms with E-state index in [2.05, 4.69) is 10.3 Å². The molecular formula is C24H19F3N2O2S. The Hall–Kier alpha value is -3.23. The lowest BCUT2D eigenvalue weighted by atomic mass is 9.97. The van der Waals surface area contributed by atoms with E-state index in [0.29, 0.717) is 34.7 Å². The maximum absolute atomic E-state index is 13.8. The number of halogens is 3. The molecule has 32 heavy (non-hydrogen) atoms. The van der Waals surface area contributed by atoms with E-state index < -0.39 is 17.7 Å². The molecule has 0 saturated carbocycles. The van der Waals surface area contributed by atoms with Gasteiger partial charge >= 0.3 is 12.1 Å². The Balaban J connectivity index is 1.64. The molecule has 0 spiro atoms. The van der Waals surface area contributed by atoms with Crippen LogP contribution in [0.15, 0.2) is 66.7 Å². The van der Waals surface area contributed by atoms with Crippen molar-refractivity contribution in [2.45, 2.75) is 19.1 Å². The predicted octanol–water partition coefficient (Wildman–Crippen LogP) is 6.21. The number of benzene rings is 3. The first-order valence-corrected chi connectivity index (χ1v) is 10.7. The summed E-state index contributed by atoms with van der Waals surface area (Å²) < 4.78 is 42.3. The molecule has 4 aromatic rings. The van der Waals surface area contributed by atoms with E-state index >= 15 is 0 Å². The van der Waals surface area contributed by atoms with Gasteiger partial charge in [0.05, 0.1) is 22.2 Å². The van der Waals surface area contributed by atoms with Crippen LogP contribution in [0.2, 0.25) is 0 Å². The third kappa shape index (κ3) is 4.98. The maximum Gasteiger partial charge on any atom is 0.417 e. The van der Waals surface area contributed by atoms with Gasteiger partial charge in [0.15, 0.2) is 0 Å². The molecular weight excluding hydrogens is 437 g/mol. The van der Waals surface area contributed by atoms with E-state index in [9.17, 15) is 18.0 Å². The number of fused-ring (bicyclic) bond motifs is 1. The zero-order chi connectivity index (χ0) is 22.7. The minimum absolute atomic E-state index is 0.0352. The minimum Gasteiger partial charge on any atom is -0.481 e. The molecule has 0 aliphatic heterocycles. The molecule has 164 valence electrons. The molecule has 3 aromatic carbocycles. The van der Waals surface area contributed by atoms with Gasteiger partial charge in [-0.05, 0) is 34.9 Å². The highest BCUT2D eigenvalue weighted by atomic mass is 32.1. The van der Waals surface area contributed by atoms with Crippen molar-refractivity contribution in [1.29, 1.82) is 0 Å². The quantitative estimate of drug-likeness (QED) is 0.325. The summed E-state index contributed by atoms with van der Waals surface area (Å²) in [6, 6.07) is 18.5. The Morgan fingerprint density at radius 2 is 1.78 bits per heavy atom. The first-order valence-electron chi connectivity index (χ1n) is 9.90. The molecule has 8 heteroatoms. The summed E-state index contributed by atoms with van der Waals surface area (Å²) in [5.74, 6) is -0.864. The van der Waals surface area contributed by atoms with Crippen molar-refractivity contribution < 1.29 is 23.1 Å². The third-order valence-electron chi connectivity index (χ3n) is 4.95. The number of nitrogens with one attached hydrogen (secondary N) is 1. The first-order chi connectivity index (χ1) is 15.3. The molecule has 1 heterocycles. The summed E-state index contributed by atoms with van der Waals surface area (Å²) in [4.78, 5) is 15.1. The first kappa shape index (κ1) is 22.0. The second-order valence-electron chi connectivity index (χ2n) is 7.27. The lowest BCUT2D eigenvalue weighted by Crippen LogP contribution is -2.17. The van der Waals surface area contributed by atoms with Gasteiger partial charge < -0.3 is 10.4 Å². The predicted molar refractivity (Wildman–Crippen MR) is 119 cm³/mol. The van der Waals surface area contributed by atoms with Crippen LogP contribution in [0.25, 0.3) is 31.9 Å². The standard InChI is InChI=1S/C24H19F3N2O2S/c25-24(26,27)19-13-17(7-8-18(19)16-4-2-1-3-5-16)23-29-20-9-6-15(12-21(20)32-23)14-28-11-10-22(30)31/h1-9,12-13,28H,10-11,14H2,(H,30,31). The zero-order valence-corrected chi connectivity index (χ0v) is 17.6. The zero-order valence-electron chi connectivity index (χ0n) is 16.8. The van der Waals surface area contributed by atoms with Gasteiger partial charge in [0, 0.05) is 18.7 Å². The Morgan fingerprint density at radius 1 is 1.00 bits per heavy atom. The van der Waals surface area contributed by atoms with E-state index in [1.165, 1.54) is 17.4 Å². The normalized spacial score (nSPS) is 11.7. The summed E-state index contributed by atoms with van der Waals surface area (Å²) in [5.41, 5.74) is 2.03. The summed E-state index contributed by atoms with van der Waals surface area (Å²) in [7, 11) is 0. The molecule has 2 N–H and O–H groups in total. The highest BCUT2D eigenvalue weighted by Gasteiger charge is 2.34. The van der Waals surface area contributed by atoms with Gasteiger partial charge in [-0.2, -0.15) is 13.2 Å². The molecule has 1 aromatic heterocycles. The number of hydrogen-bond donors (Lipinski definition) is 2. The van der Waals surface area contributed by atoms with Crippen molar-refractivity contribution in [3.8, 4) is 21.7 Å². The van der Waals surface area contributed by atoms with Crippen LogP contribution in [0, 0.1) is 0 Å². The summed E-state index contributed by atoms with van der Waals surface area (Å²) in [6.07, 6.45) is -4.46. The molecule has 0 unspecified atom stereocenters. The number of carbonyl (C=O) groups is 1. The minimum atomic E-state index is -4.49. The fourth-order valence-electron chi connectivity index (χ4n) is 3.41. The number of hydrogen-bond acceptors (Lipinski definition) is 4. The van der Waals surface area contributed by atoms with Crippen LogP contribution in [0.4, 0.5) is 13.2 Å². The number of rotatable bonds is 7. The second-order valence-corrected chi connectivity index (χ2v) is 8.30. The van der Waals surface area contributed by atoms with E-state index in [4.69, 9.17) is 5.11 Å². The average Bonchev–Trinajstić information content (AvgIpc) is 3.20. The third-order valence-corrected chi connectivity index (χ3v) is 6.02. The van der Waals surface area contributed by atoms with Crippen LogP contribution in [0.1, 0.15) is 17.5 Å². The SMILES string of the molecule is O=C(O)CCNCc1ccc2nc(-c3ccc(-c4ccccc4)c(C(F)(F)F)c3)sc2c1. The van der Waals surface area contributed by atoms with Crippen molar-refractivity contribution in [2.75, 3.05) is 6.54 Å². The van der Waals surface area contributed by atoms with E-state index in [-0.39, 0.29) is 12.0 Å². The molecule has 0 bridgehead atoms. The molecule has 0 radical (unpaired) electrons. The Kier molecular flexibility index (Phi) is 6.25. The number of carboxylic acid groups (broad SMARTS) is 1. The second kappa shape index (κ2) is 9.10. The summed E-state index contributed by atoms with van der Waals surface area (Å²) in [6.45, 7) is 0.857. The average molecular weight is 456 g/mol. The van der Waals surface area contributed by atoms with Gasteiger partial charge in [0.2, 0.25) is 0 Å². The monoisotopic (exact) mass is 456 g/mol. The van der Waals surface area contributed by atoms with Crippen LogP contribution in [-0.2, 0) is 17.5 Å². The van der Waals surface area contributed by atoms with Crippen LogP contribution >= 0.6 is 11.3 Å². The molecule has 0 aliphatic carbocycles. The fourth-order valence-corrected chi connectivity index (χ4v) is 4.44. The Labute approximate surface area is 186 Å². The lowest BCUT2D eigenvalue weighted by molar-refractivity contribution is -0.137. The number of thiazole rings is 1. The molecule has 4 rings (SSSR count). The van der Waals surface area contributed by atoms with Gasteiger partial charge in [0.1, 0.15) is 5.01 Å². The van der Waals surface area contributed by atoms with Gasteiger partial charge in [-0.25, -0.2) is 4.98 Å². The van der Waals surface area contributed by atoms with Gasteiger partial charge in [-0.1, -0.05) is 48.5 Å². The number of aromatic nitrogens is 1. The topological polar surface area (TPSA) is 62.2 Å². The molecule has 0 atom stereocenters. The van der Waals surface area contributed by atoms with E-state index in [1.54, 1.807) is 36.4 Å². The number of carboxylic acids is 1. The van der Waals surface area contributed by atoms with Crippen LogP contribution in [0.5, 0.6) is 0 Å². The van der Waals surface area contributed by atoms with Gasteiger partial charge in [-0.15, -0.1) is 11.3 Å². The van der Waals surface area contributed by atoms with Crippen molar-refractivity contribution in [2.24, 2.45) is 0 Å². The van der Waals surface area contributed by atoms with Crippen molar-refractivity contribution in [3.05, 3.63) is 77.9 Å². The smallest absolute Gasteiger partial charge is 0.417 e. The summed E-state index contributed by atoms with van der Waals surface area (Å²) >= 11 is 1.33. The Morgan fingerprint density at radius 3 is 2.50 bits per heavy atom. The molecule has 0 fully saturated rings. The number of alkyl halides is 3. The molecule has 0 saturated heterocycles. The van der Waals surface area contributed by atoms with E-state index in [0.717, 1.165) is 16.3 Å². The number of aliphatic carboxylic acids is 1. The van der Waals surface area contributed by atoms with Crippen molar-refractivity contribution >= 4 is 27.5 Å². The highest BCUT2D eigenvalue weighted by molar-refractivity contribution is 7.21. The highest BCUT2D eigenvalue weighted by Crippen LogP contribution is 2.40. The lowest BCUT2D eigenvalue weighted by Gasteiger charge is -2.14. The Bertz CT molecular complexity index is 1250. The maximum atomic E-state index is 13.8. The van der Waals surface area contributed by atoms with Gasteiger partial charge in [-0.3, -0.25) is 4.79 Å². The van der Waals surface area contributed by atoms with Crippen molar-refractivity contribution in [1.82, 2.24) is 10.3 Å². The molecule has 4 nitrogen and oxygen atoms in total. The van der Waals surface area contributed by atoms with Gasteiger partial charge in [0.25, 0.3) is 0 Å². The van der Waals surface area contributed by atoms with Crippen LogP contribution in [-0.4, -0.2) is 22.6 Å². The fraction of sp³-hybridized carbons (Fsp3) is 0.167. The van der Waals surface area contributed by atoms with Crippen LogP contribution in [0.3, 0.4) is 0 Å². The largest absolute Gasteiger partial charge is 0.481 e. The van der Waals surface area contributed by atoms with Crippen molar-refractivity contribution in [3.63, 3.8) is 0 Å². The molecule has 0 aliphatic rings. The molecule has 0 amide bonds. The summed E-state index contributed by atoms with van der Waals surface area (Å²) in [5, 5.41) is 12.3. The van der Waals surface area contributed by atoms with Crippen LogP contribution < -0.4 is 5.32 Å². The van der Waals surface area contributed by atoms with E-state index in [1.807, 2.05) is 18.2 Å².